The minimum atomic E-state index is 0.626. The van der Waals surface area contributed by atoms with Crippen LogP contribution in [0.3, 0.4) is 0 Å². The molecule has 0 saturated heterocycles. The lowest BCUT2D eigenvalue weighted by molar-refractivity contribution is 0.431. The van der Waals surface area contributed by atoms with Crippen LogP contribution in [0.2, 0.25) is 0 Å². The zero-order valence-electron chi connectivity index (χ0n) is 10.5. The van der Waals surface area contributed by atoms with Gasteiger partial charge in [0.1, 0.15) is 5.82 Å². The second-order valence-electron chi connectivity index (χ2n) is 5.13. The van der Waals surface area contributed by atoms with Gasteiger partial charge in [-0.1, -0.05) is 31.4 Å². The van der Waals surface area contributed by atoms with E-state index in [-0.39, 0.29) is 0 Å². The summed E-state index contributed by atoms with van der Waals surface area (Å²) in [6, 6.07) is 7.89. The molecule has 3 N–H and O–H groups in total. The second-order valence-corrected chi connectivity index (χ2v) is 5.13. The van der Waals surface area contributed by atoms with Crippen molar-refractivity contribution in [3.8, 4) is 11.3 Å². The van der Waals surface area contributed by atoms with Gasteiger partial charge in [0.25, 0.3) is 0 Å². The summed E-state index contributed by atoms with van der Waals surface area (Å²) in [6.45, 7) is 0. The van der Waals surface area contributed by atoms with Gasteiger partial charge in [-0.15, -0.1) is 0 Å². The molecule has 0 spiro atoms. The minimum Gasteiger partial charge on any atom is -0.399 e. The average Bonchev–Trinajstić information content (AvgIpc) is 2.90. The van der Waals surface area contributed by atoms with Crippen LogP contribution in [0.4, 0.5) is 5.69 Å². The molecule has 2 aromatic rings. The molecule has 1 aromatic heterocycles. The Bertz CT molecular complexity index is 507. The Labute approximate surface area is 107 Å². The predicted molar refractivity (Wildman–Crippen MR) is 74.3 cm³/mol. The first-order chi connectivity index (χ1) is 8.83. The highest BCUT2D eigenvalue weighted by atomic mass is 14.9. The van der Waals surface area contributed by atoms with Gasteiger partial charge >= 0.3 is 0 Å². The van der Waals surface area contributed by atoms with Crippen LogP contribution >= 0.6 is 0 Å². The fraction of sp³-hybridized carbons (Fsp3) is 0.400. The van der Waals surface area contributed by atoms with Crippen LogP contribution in [-0.2, 0) is 0 Å². The lowest BCUT2D eigenvalue weighted by Gasteiger charge is -2.19. The van der Waals surface area contributed by atoms with E-state index in [0.29, 0.717) is 5.92 Å². The molecule has 94 valence electrons. The molecular weight excluding hydrogens is 222 g/mol. The van der Waals surface area contributed by atoms with Gasteiger partial charge < -0.3 is 10.7 Å². The summed E-state index contributed by atoms with van der Waals surface area (Å²) in [6.07, 6.45) is 8.60. The Balaban J connectivity index is 1.82. The molecule has 3 heteroatoms. The van der Waals surface area contributed by atoms with Crippen LogP contribution in [-0.4, -0.2) is 9.97 Å². The number of H-pyrrole nitrogens is 1. The van der Waals surface area contributed by atoms with Gasteiger partial charge in [-0.2, -0.15) is 0 Å². The number of hydrogen-bond donors (Lipinski definition) is 2. The lowest BCUT2D eigenvalue weighted by Crippen LogP contribution is -2.06. The summed E-state index contributed by atoms with van der Waals surface area (Å²) in [5.74, 6) is 1.78. The molecule has 1 heterocycles. The van der Waals surface area contributed by atoms with Gasteiger partial charge in [-0.05, 0) is 25.0 Å². The molecule has 1 aromatic carbocycles. The first-order valence-electron chi connectivity index (χ1n) is 6.74. The molecule has 18 heavy (non-hydrogen) atoms. The molecule has 1 saturated carbocycles. The molecule has 0 aliphatic heterocycles. The van der Waals surface area contributed by atoms with Crippen molar-refractivity contribution >= 4 is 5.69 Å². The maximum atomic E-state index is 5.70. The van der Waals surface area contributed by atoms with E-state index in [2.05, 4.69) is 4.98 Å². The third kappa shape index (κ3) is 2.26. The third-order valence-electron chi connectivity index (χ3n) is 3.80. The quantitative estimate of drug-likeness (QED) is 0.787. The van der Waals surface area contributed by atoms with Gasteiger partial charge in [0.15, 0.2) is 0 Å². The summed E-state index contributed by atoms with van der Waals surface area (Å²) in [5, 5.41) is 0. The molecule has 1 fully saturated rings. The molecule has 0 amide bonds. The van der Waals surface area contributed by atoms with E-state index in [1.165, 1.54) is 32.1 Å². The van der Waals surface area contributed by atoms with Crippen LogP contribution in [0.15, 0.2) is 30.5 Å². The summed E-state index contributed by atoms with van der Waals surface area (Å²) in [5.41, 5.74) is 8.64. The number of nitrogen functional groups attached to an aromatic ring is 1. The summed E-state index contributed by atoms with van der Waals surface area (Å²) >= 11 is 0. The highest BCUT2D eigenvalue weighted by molar-refractivity contribution is 5.61. The molecule has 3 rings (SSSR count). The normalized spacial score (nSPS) is 16.9. The third-order valence-corrected chi connectivity index (χ3v) is 3.80. The smallest absolute Gasteiger partial charge is 0.109 e. The summed E-state index contributed by atoms with van der Waals surface area (Å²) < 4.78 is 0. The van der Waals surface area contributed by atoms with Gasteiger partial charge in [0, 0.05) is 23.4 Å². The molecule has 0 unspecified atom stereocenters. The van der Waals surface area contributed by atoms with E-state index in [1.807, 2.05) is 30.5 Å². The number of nitrogens with one attached hydrogen (secondary N) is 1. The average molecular weight is 241 g/mol. The van der Waals surface area contributed by atoms with Crippen molar-refractivity contribution in [3.05, 3.63) is 36.3 Å². The van der Waals surface area contributed by atoms with Crippen molar-refractivity contribution in [3.63, 3.8) is 0 Å². The number of imidazole rings is 1. The van der Waals surface area contributed by atoms with E-state index < -0.39 is 0 Å². The number of aromatic amines is 1. The maximum Gasteiger partial charge on any atom is 0.109 e. The summed E-state index contributed by atoms with van der Waals surface area (Å²) in [4.78, 5) is 8.08. The van der Waals surface area contributed by atoms with Crippen LogP contribution in [0, 0.1) is 0 Å². The fourth-order valence-corrected chi connectivity index (χ4v) is 2.72. The second kappa shape index (κ2) is 4.84. The van der Waals surface area contributed by atoms with Gasteiger partial charge in [-0.25, -0.2) is 4.98 Å². The Morgan fingerprint density at radius 3 is 2.50 bits per heavy atom. The fourth-order valence-electron chi connectivity index (χ4n) is 2.72. The van der Waals surface area contributed by atoms with Crippen molar-refractivity contribution < 1.29 is 0 Å². The lowest BCUT2D eigenvalue weighted by atomic mass is 9.89. The monoisotopic (exact) mass is 241 g/mol. The maximum absolute atomic E-state index is 5.70. The van der Waals surface area contributed by atoms with Crippen molar-refractivity contribution in [2.45, 2.75) is 38.0 Å². The number of anilines is 1. The predicted octanol–water partition coefficient (Wildman–Crippen LogP) is 3.71. The molecule has 3 nitrogen and oxygen atoms in total. The van der Waals surface area contributed by atoms with E-state index in [9.17, 15) is 0 Å². The van der Waals surface area contributed by atoms with Gasteiger partial charge in [-0.3, -0.25) is 0 Å². The topological polar surface area (TPSA) is 54.7 Å². The SMILES string of the molecule is Nc1ccc(-c2c[nH]c(C3CCCCC3)n2)cc1. The Morgan fingerprint density at radius 2 is 1.78 bits per heavy atom. The zero-order valence-corrected chi connectivity index (χ0v) is 10.5. The van der Waals surface area contributed by atoms with Crippen molar-refractivity contribution in [1.29, 1.82) is 0 Å². The molecule has 1 aliphatic carbocycles. The number of nitrogens with two attached hydrogens (primary N) is 1. The van der Waals surface area contributed by atoms with E-state index >= 15 is 0 Å². The molecule has 0 bridgehead atoms. The highest BCUT2D eigenvalue weighted by Gasteiger charge is 2.18. The number of nitrogens with zero attached hydrogens (tertiary/aromatic N) is 1. The van der Waals surface area contributed by atoms with Crippen LogP contribution < -0.4 is 5.73 Å². The molecule has 1 aliphatic rings. The van der Waals surface area contributed by atoms with Crippen LogP contribution in [0.1, 0.15) is 43.8 Å². The molecular formula is C15H19N3. The van der Waals surface area contributed by atoms with Crippen LogP contribution in [0.5, 0.6) is 0 Å². The first-order valence-corrected chi connectivity index (χ1v) is 6.74. The largest absolute Gasteiger partial charge is 0.399 e. The molecule has 0 radical (unpaired) electrons. The standard InChI is InChI=1S/C15H19N3/c16-13-8-6-11(7-9-13)14-10-17-15(18-14)12-4-2-1-3-5-12/h6-10,12H,1-5,16H2,(H,17,18). The van der Waals surface area contributed by atoms with E-state index in [1.54, 1.807) is 0 Å². The number of aromatic nitrogens is 2. The molecule has 0 atom stereocenters. The Kier molecular flexibility index (Phi) is 3.05. The Hall–Kier alpha value is -1.77. The van der Waals surface area contributed by atoms with Gasteiger partial charge in [0.2, 0.25) is 0 Å². The number of benzene rings is 1. The van der Waals surface area contributed by atoms with E-state index in [4.69, 9.17) is 10.7 Å². The highest BCUT2D eigenvalue weighted by Crippen LogP contribution is 2.32. The van der Waals surface area contributed by atoms with Crippen molar-refractivity contribution in [2.24, 2.45) is 0 Å². The first kappa shape index (κ1) is 11.3. The number of rotatable bonds is 2. The van der Waals surface area contributed by atoms with Crippen molar-refractivity contribution in [1.82, 2.24) is 9.97 Å². The zero-order chi connectivity index (χ0) is 12.4. The minimum absolute atomic E-state index is 0.626. The number of hydrogen-bond acceptors (Lipinski definition) is 2. The van der Waals surface area contributed by atoms with Crippen molar-refractivity contribution in [2.75, 3.05) is 5.73 Å². The van der Waals surface area contributed by atoms with Crippen LogP contribution in [0.25, 0.3) is 11.3 Å². The summed E-state index contributed by atoms with van der Waals surface area (Å²) in [7, 11) is 0. The van der Waals surface area contributed by atoms with E-state index in [0.717, 1.165) is 22.8 Å². The Morgan fingerprint density at radius 1 is 1.06 bits per heavy atom. The van der Waals surface area contributed by atoms with Gasteiger partial charge in [0.05, 0.1) is 5.69 Å².